The molecule has 244 valence electrons. The maximum absolute atomic E-state index is 13.2. The average molecular weight is 703 g/mol. The van der Waals surface area contributed by atoms with Gasteiger partial charge < -0.3 is 19.4 Å². The predicted octanol–water partition coefficient (Wildman–Crippen LogP) is 2.02. The van der Waals surface area contributed by atoms with Gasteiger partial charge in [-0.2, -0.15) is 30.2 Å². The molecule has 0 saturated heterocycles. The molecule has 4 rings (SSSR count). The monoisotopic (exact) mass is 702 g/mol. The second-order valence-electron chi connectivity index (χ2n) is 9.14. The fourth-order valence-electron chi connectivity index (χ4n) is 3.86. The number of fused-ring (bicyclic) bond motifs is 1. The van der Waals surface area contributed by atoms with Gasteiger partial charge in [0.15, 0.2) is 11.3 Å². The summed E-state index contributed by atoms with van der Waals surface area (Å²) in [7, 11) is -14.9. The Morgan fingerprint density at radius 2 is 1.48 bits per heavy atom. The molecular weight excluding hydrogens is 684 g/mol. The van der Waals surface area contributed by atoms with Crippen molar-refractivity contribution in [3.05, 3.63) is 57.9 Å². The molecule has 0 radical (unpaired) electrons. The van der Waals surface area contributed by atoms with E-state index in [0.29, 0.717) is 18.2 Å². The number of rotatable bonds is 9. The smallest absolute Gasteiger partial charge is 0.349 e. The zero-order chi connectivity index (χ0) is 34.5. The Bertz CT molecular complexity index is 2330. The lowest BCUT2D eigenvalue weighted by Crippen LogP contribution is -2.30. The zero-order valence-electron chi connectivity index (χ0n) is 22.8. The van der Waals surface area contributed by atoms with Crippen LogP contribution in [0.5, 0.6) is 11.6 Å². The zero-order valence-corrected chi connectivity index (χ0v) is 25.2. The second-order valence-corrected chi connectivity index (χ2v) is 13.4. The summed E-state index contributed by atoms with van der Waals surface area (Å²) in [5.74, 6) is -5.49. The van der Waals surface area contributed by atoms with Crippen molar-refractivity contribution < 1.29 is 67.9 Å². The van der Waals surface area contributed by atoms with E-state index < -0.39 is 103 Å². The Labute approximate surface area is 256 Å². The van der Waals surface area contributed by atoms with Crippen LogP contribution in [-0.4, -0.2) is 70.6 Å². The Balaban J connectivity index is 1.87. The summed E-state index contributed by atoms with van der Waals surface area (Å²) >= 11 is 0. The van der Waals surface area contributed by atoms with Crippen LogP contribution in [0.2, 0.25) is 0 Å². The highest BCUT2D eigenvalue weighted by atomic mass is 32.2. The van der Waals surface area contributed by atoms with Crippen LogP contribution in [0.3, 0.4) is 0 Å². The van der Waals surface area contributed by atoms with E-state index >= 15 is 0 Å². The fourth-order valence-corrected chi connectivity index (χ4v) is 5.51. The molecule has 46 heavy (non-hydrogen) atoms. The molecule has 1 unspecified atom stereocenters. The van der Waals surface area contributed by atoms with Gasteiger partial charge in [-0.1, -0.05) is 5.11 Å². The molecule has 0 bridgehead atoms. The van der Waals surface area contributed by atoms with E-state index in [0.717, 1.165) is 32.0 Å². The minimum atomic E-state index is -5.13. The first-order chi connectivity index (χ1) is 21.1. The summed E-state index contributed by atoms with van der Waals surface area (Å²) in [6.07, 6.45) is 0. The number of carboxylic acids is 1. The van der Waals surface area contributed by atoms with Crippen LogP contribution in [0.1, 0.15) is 28.9 Å². The van der Waals surface area contributed by atoms with Gasteiger partial charge in [0.05, 0.1) is 14.7 Å². The number of carboxylic acid groups (broad SMARTS) is 1. The number of nitrogens with zero attached hydrogens (tertiary/aromatic N) is 4. The summed E-state index contributed by atoms with van der Waals surface area (Å²) in [4.78, 5) is 39.3. The van der Waals surface area contributed by atoms with Crippen LogP contribution >= 0.6 is 0 Å². The highest BCUT2D eigenvalue weighted by molar-refractivity contribution is 7.86. The van der Waals surface area contributed by atoms with Gasteiger partial charge in [-0.05, 0) is 32.0 Å². The van der Waals surface area contributed by atoms with Crippen molar-refractivity contribution >= 4 is 65.1 Å². The van der Waals surface area contributed by atoms with Gasteiger partial charge in [0.1, 0.15) is 22.9 Å². The topological polar surface area (TPSA) is 320 Å². The molecule has 23 heteroatoms. The SMILES string of the molecule is Cc1c(C(=O)Oc2cc(S(=O)(=O)O)cc(S(=O)(=O)O)c2)c(O)n(C(C)C(=O)O)c(=O)c1N=Nc1nc2ccc(S(=O)(=O)O)cc2o1. The lowest BCUT2D eigenvalue weighted by Gasteiger charge is -2.18. The first-order valence-electron chi connectivity index (χ1n) is 11.9. The van der Waals surface area contributed by atoms with Crippen LogP contribution in [-0.2, 0) is 35.1 Å². The lowest BCUT2D eigenvalue weighted by molar-refractivity contribution is -0.140. The number of aromatic nitrogens is 2. The van der Waals surface area contributed by atoms with E-state index in [1.54, 1.807) is 0 Å². The van der Waals surface area contributed by atoms with Gasteiger partial charge in [0.25, 0.3) is 35.9 Å². The largest absolute Gasteiger partial charge is 0.494 e. The summed E-state index contributed by atoms with van der Waals surface area (Å²) in [5.41, 5.74) is -3.70. The van der Waals surface area contributed by atoms with Crippen LogP contribution in [0, 0.1) is 6.92 Å². The number of ether oxygens (including phenoxy) is 1. The third-order valence-electron chi connectivity index (χ3n) is 6.09. The number of esters is 1. The minimum absolute atomic E-state index is 0.0290. The number of oxazole rings is 1. The molecule has 0 aliphatic rings. The van der Waals surface area contributed by atoms with Gasteiger partial charge in [-0.15, -0.1) is 5.11 Å². The number of carbonyl (C=O) groups is 2. The molecule has 0 fully saturated rings. The van der Waals surface area contributed by atoms with Crippen LogP contribution in [0.4, 0.5) is 11.7 Å². The maximum atomic E-state index is 13.2. The van der Waals surface area contributed by atoms with Crippen molar-refractivity contribution in [3.8, 4) is 11.6 Å². The average Bonchev–Trinajstić information content (AvgIpc) is 3.33. The van der Waals surface area contributed by atoms with Crippen molar-refractivity contribution in [2.75, 3.05) is 0 Å². The summed E-state index contributed by atoms with van der Waals surface area (Å²) < 4.78 is 108. The predicted molar refractivity (Wildman–Crippen MR) is 148 cm³/mol. The number of carbonyl (C=O) groups excluding carboxylic acids is 1. The van der Waals surface area contributed by atoms with E-state index in [4.69, 9.17) is 9.15 Å². The van der Waals surface area contributed by atoms with Crippen molar-refractivity contribution in [1.29, 1.82) is 0 Å². The number of benzene rings is 2. The number of aromatic hydroxyl groups is 1. The van der Waals surface area contributed by atoms with E-state index in [-0.39, 0.29) is 15.7 Å². The maximum Gasteiger partial charge on any atom is 0.349 e. The van der Waals surface area contributed by atoms with Gasteiger partial charge in [0.2, 0.25) is 5.88 Å². The number of pyridine rings is 1. The summed E-state index contributed by atoms with van der Waals surface area (Å²) in [6, 6.07) is 1.90. The van der Waals surface area contributed by atoms with E-state index in [2.05, 4.69) is 15.2 Å². The van der Waals surface area contributed by atoms with Crippen molar-refractivity contribution in [3.63, 3.8) is 0 Å². The van der Waals surface area contributed by atoms with Gasteiger partial charge in [0, 0.05) is 23.8 Å². The molecular formula is C23H18N4O16S3. The Hall–Kier alpha value is -5.07. The van der Waals surface area contributed by atoms with E-state index in [1.165, 1.54) is 0 Å². The van der Waals surface area contributed by atoms with Gasteiger partial charge in [-0.3, -0.25) is 23.0 Å². The number of hydrogen-bond donors (Lipinski definition) is 5. The molecule has 2 heterocycles. The third-order valence-corrected chi connectivity index (χ3v) is 8.61. The number of hydrogen-bond acceptors (Lipinski definition) is 15. The number of azo groups is 1. The normalized spacial score (nSPS) is 13.2. The molecule has 4 aromatic rings. The van der Waals surface area contributed by atoms with E-state index in [1.807, 2.05) is 0 Å². The molecule has 2 aromatic carbocycles. The lowest BCUT2D eigenvalue weighted by atomic mass is 10.1. The molecule has 2 aromatic heterocycles. The summed E-state index contributed by atoms with van der Waals surface area (Å²) in [6.45, 7) is 1.97. The quantitative estimate of drug-likeness (QED) is 0.0720. The van der Waals surface area contributed by atoms with Crippen molar-refractivity contribution in [2.45, 2.75) is 34.6 Å². The Kier molecular flexibility index (Phi) is 8.60. The van der Waals surface area contributed by atoms with Crippen molar-refractivity contribution in [2.24, 2.45) is 10.2 Å². The molecule has 1 atom stereocenters. The van der Waals surface area contributed by atoms with Crippen LogP contribution in [0.25, 0.3) is 11.1 Å². The molecule has 0 aliphatic heterocycles. The molecule has 20 nitrogen and oxygen atoms in total. The Morgan fingerprint density at radius 1 is 0.913 bits per heavy atom. The molecule has 0 amide bonds. The van der Waals surface area contributed by atoms with E-state index in [9.17, 15) is 63.5 Å². The van der Waals surface area contributed by atoms with Gasteiger partial charge in [-0.25, -0.2) is 9.59 Å². The molecule has 5 N–H and O–H groups in total. The first kappa shape index (κ1) is 33.8. The van der Waals surface area contributed by atoms with Gasteiger partial charge >= 0.3 is 18.0 Å². The van der Waals surface area contributed by atoms with Crippen LogP contribution in [0.15, 0.2) is 70.5 Å². The van der Waals surface area contributed by atoms with Crippen LogP contribution < -0.4 is 10.3 Å². The first-order valence-corrected chi connectivity index (χ1v) is 16.2. The second kappa shape index (κ2) is 11.7. The fraction of sp³-hybridized carbons (Fsp3) is 0.130. The molecule has 0 saturated carbocycles. The van der Waals surface area contributed by atoms with Crippen molar-refractivity contribution in [1.82, 2.24) is 9.55 Å². The summed E-state index contributed by atoms with van der Waals surface area (Å²) in [5, 5.41) is 27.6. The highest BCUT2D eigenvalue weighted by Gasteiger charge is 2.31. The molecule has 0 aliphatic carbocycles. The minimum Gasteiger partial charge on any atom is -0.494 e. The number of aliphatic carboxylic acids is 1. The third kappa shape index (κ3) is 6.77. The highest BCUT2D eigenvalue weighted by Crippen LogP contribution is 2.32. The Morgan fingerprint density at radius 3 is 2.00 bits per heavy atom. The standard InChI is InChI=1S/C23H18N4O16S3/c1-9-17(22(32)42-11-5-13(45(36,37)38)7-14(6-11)46(39,40)41)19(28)27(10(2)21(30)31)20(29)18(9)25-26-23-24-15-4-3-12(44(33,34)35)8-16(15)43-23/h3-8,10,28H,1-2H3,(H,30,31)(H,33,34,35)(H,36,37,38)(H,39,40,41). The molecule has 0 spiro atoms.